The molecule has 0 bridgehead atoms. The van der Waals surface area contributed by atoms with E-state index in [-0.39, 0.29) is 12.2 Å². The maximum Gasteiger partial charge on any atom is 0.162 e. The summed E-state index contributed by atoms with van der Waals surface area (Å²) < 4.78 is 0. The highest BCUT2D eigenvalue weighted by Gasteiger charge is 2.11. The van der Waals surface area contributed by atoms with Crippen LogP contribution in [0.3, 0.4) is 0 Å². The summed E-state index contributed by atoms with van der Waals surface area (Å²) in [6.45, 7) is 0. The molecule has 0 spiro atoms. The quantitative estimate of drug-likeness (QED) is 0.302. The van der Waals surface area contributed by atoms with Gasteiger partial charge in [0.15, 0.2) is 5.78 Å². The number of aliphatic hydroxyl groups is 1. The first-order valence-electron chi connectivity index (χ1n) is 10.9. The summed E-state index contributed by atoms with van der Waals surface area (Å²) in [5.74, 6) is 7.18. The number of rotatable bonds is 7. The lowest BCUT2D eigenvalue weighted by Gasteiger charge is -2.09. The molecule has 0 saturated carbocycles. The van der Waals surface area contributed by atoms with Crippen molar-refractivity contribution in [2.45, 2.75) is 31.8 Å². The van der Waals surface area contributed by atoms with E-state index in [1.807, 2.05) is 12.1 Å². The number of benzene rings is 2. The molecular formula is C27H23ClN4O2. The van der Waals surface area contributed by atoms with Crippen LogP contribution in [0.15, 0.2) is 67.1 Å². The van der Waals surface area contributed by atoms with Gasteiger partial charge in [0.25, 0.3) is 0 Å². The number of pyridine rings is 1. The third kappa shape index (κ3) is 5.96. The maximum atomic E-state index is 12.5. The van der Waals surface area contributed by atoms with Gasteiger partial charge in [-0.3, -0.25) is 4.79 Å². The fourth-order valence-corrected chi connectivity index (χ4v) is 3.72. The van der Waals surface area contributed by atoms with E-state index in [0.717, 1.165) is 16.3 Å². The van der Waals surface area contributed by atoms with Crippen LogP contribution in [0.4, 0.5) is 5.82 Å². The SMILES string of the molecule is Nc1ncc2ccc(Cl)cc2c1C#Cc1ccc(C(=O)CCC(O)CCc2ncccn2)cc1. The van der Waals surface area contributed by atoms with Crippen LogP contribution in [0.1, 0.15) is 46.6 Å². The molecule has 2 aromatic carbocycles. The van der Waals surface area contributed by atoms with Gasteiger partial charge in [0.05, 0.1) is 11.7 Å². The van der Waals surface area contributed by atoms with Crippen LogP contribution in [0.25, 0.3) is 10.8 Å². The lowest BCUT2D eigenvalue weighted by atomic mass is 10.0. The van der Waals surface area contributed by atoms with Crippen molar-refractivity contribution >= 4 is 34.0 Å². The van der Waals surface area contributed by atoms with Crippen molar-refractivity contribution in [2.75, 3.05) is 5.73 Å². The molecule has 0 radical (unpaired) electrons. The second-order valence-corrected chi connectivity index (χ2v) is 8.33. The molecule has 0 amide bonds. The molecule has 2 aromatic heterocycles. The second-order valence-electron chi connectivity index (χ2n) is 7.90. The van der Waals surface area contributed by atoms with Crippen LogP contribution >= 0.6 is 11.6 Å². The molecule has 170 valence electrons. The number of Topliss-reactive ketones (excluding diaryl/α,β-unsaturated/α-hetero) is 1. The number of carbonyl (C=O) groups excluding carboxylic acids is 1. The van der Waals surface area contributed by atoms with Gasteiger partial charge < -0.3 is 10.8 Å². The Hall–Kier alpha value is -3.79. The number of hydrogen-bond donors (Lipinski definition) is 2. The van der Waals surface area contributed by atoms with Gasteiger partial charge in [0.2, 0.25) is 0 Å². The van der Waals surface area contributed by atoms with Crippen LogP contribution in [-0.4, -0.2) is 31.9 Å². The summed E-state index contributed by atoms with van der Waals surface area (Å²) in [6.07, 6.45) is 6.22. The number of anilines is 1. The number of hydrogen-bond acceptors (Lipinski definition) is 6. The van der Waals surface area contributed by atoms with E-state index >= 15 is 0 Å². The Kier molecular flexibility index (Phi) is 7.48. The molecule has 0 fully saturated rings. The predicted octanol–water partition coefficient (Wildman–Crippen LogP) is 4.62. The molecule has 0 aliphatic rings. The highest BCUT2D eigenvalue weighted by atomic mass is 35.5. The van der Waals surface area contributed by atoms with Gasteiger partial charge in [-0.2, -0.15) is 0 Å². The van der Waals surface area contributed by atoms with E-state index in [1.165, 1.54) is 0 Å². The number of aryl methyl sites for hydroxylation is 1. The minimum atomic E-state index is -0.578. The number of nitrogens with zero attached hydrogens (tertiary/aromatic N) is 3. The number of nitrogens with two attached hydrogens (primary N) is 1. The number of aliphatic hydroxyl groups excluding tert-OH is 1. The van der Waals surface area contributed by atoms with Crippen LogP contribution < -0.4 is 5.73 Å². The molecular weight excluding hydrogens is 448 g/mol. The fraction of sp³-hybridized carbons (Fsp3) is 0.185. The highest BCUT2D eigenvalue weighted by molar-refractivity contribution is 6.31. The van der Waals surface area contributed by atoms with Crippen LogP contribution in [0.2, 0.25) is 5.02 Å². The highest BCUT2D eigenvalue weighted by Crippen LogP contribution is 2.25. The molecule has 0 aliphatic heterocycles. The van der Waals surface area contributed by atoms with E-state index in [0.29, 0.717) is 47.1 Å². The molecule has 6 nitrogen and oxygen atoms in total. The fourth-order valence-electron chi connectivity index (χ4n) is 3.55. The number of ketones is 1. The van der Waals surface area contributed by atoms with Crippen molar-refractivity contribution in [2.24, 2.45) is 0 Å². The Morgan fingerprint density at radius 3 is 2.56 bits per heavy atom. The topological polar surface area (TPSA) is 102 Å². The Balaban J connectivity index is 1.37. The smallest absolute Gasteiger partial charge is 0.162 e. The Morgan fingerprint density at radius 1 is 1.03 bits per heavy atom. The van der Waals surface area contributed by atoms with E-state index in [9.17, 15) is 9.90 Å². The van der Waals surface area contributed by atoms with Crippen molar-refractivity contribution in [1.82, 2.24) is 15.0 Å². The molecule has 1 unspecified atom stereocenters. The van der Waals surface area contributed by atoms with E-state index in [4.69, 9.17) is 17.3 Å². The number of nitrogen functional groups attached to an aromatic ring is 1. The third-order valence-corrected chi connectivity index (χ3v) is 5.68. The zero-order valence-corrected chi connectivity index (χ0v) is 19.2. The van der Waals surface area contributed by atoms with Gasteiger partial charge in [-0.15, -0.1) is 0 Å². The molecule has 34 heavy (non-hydrogen) atoms. The van der Waals surface area contributed by atoms with E-state index in [2.05, 4.69) is 26.8 Å². The molecule has 1 atom stereocenters. The maximum absolute atomic E-state index is 12.5. The summed E-state index contributed by atoms with van der Waals surface area (Å²) in [4.78, 5) is 25.0. The number of halogens is 1. The molecule has 7 heteroatoms. The first-order chi connectivity index (χ1) is 16.5. The summed E-state index contributed by atoms with van der Waals surface area (Å²) in [6, 6.07) is 14.3. The molecule has 2 heterocycles. The van der Waals surface area contributed by atoms with Gasteiger partial charge in [0.1, 0.15) is 11.6 Å². The summed E-state index contributed by atoms with van der Waals surface area (Å²) in [7, 11) is 0. The first kappa shape index (κ1) is 23.4. The molecule has 4 aromatic rings. The largest absolute Gasteiger partial charge is 0.393 e. The van der Waals surface area contributed by atoms with Gasteiger partial charge in [-0.05, 0) is 43.2 Å². The number of aromatic nitrogens is 3. The average molecular weight is 471 g/mol. The third-order valence-electron chi connectivity index (χ3n) is 5.45. The van der Waals surface area contributed by atoms with Crippen molar-refractivity contribution in [3.8, 4) is 11.8 Å². The predicted molar refractivity (Wildman–Crippen MR) is 134 cm³/mol. The van der Waals surface area contributed by atoms with Crippen molar-refractivity contribution in [1.29, 1.82) is 0 Å². The summed E-state index contributed by atoms with van der Waals surface area (Å²) in [5.41, 5.74) is 8.00. The monoisotopic (exact) mass is 470 g/mol. The minimum absolute atomic E-state index is 0.0216. The van der Waals surface area contributed by atoms with Crippen LogP contribution in [0, 0.1) is 11.8 Å². The second kappa shape index (κ2) is 10.9. The van der Waals surface area contributed by atoms with E-state index in [1.54, 1.807) is 55.0 Å². The van der Waals surface area contributed by atoms with Gasteiger partial charge in [0, 0.05) is 58.4 Å². The normalized spacial score (nSPS) is 11.6. The zero-order valence-electron chi connectivity index (χ0n) is 18.4. The Morgan fingerprint density at radius 2 is 1.79 bits per heavy atom. The average Bonchev–Trinajstić information content (AvgIpc) is 2.86. The number of fused-ring (bicyclic) bond motifs is 1. The number of carbonyl (C=O) groups is 1. The Labute approximate surface area is 202 Å². The summed E-state index contributed by atoms with van der Waals surface area (Å²) in [5, 5.41) is 12.5. The zero-order chi connectivity index (χ0) is 23.9. The molecule has 0 aliphatic carbocycles. The van der Waals surface area contributed by atoms with Crippen LogP contribution in [-0.2, 0) is 6.42 Å². The van der Waals surface area contributed by atoms with Gasteiger partial charge >= 0.3 is 0 Å². The first-order valence-corrected chi connectivity index (χ1v) is 11.3. The minimum Gasteiger partial charge on any atom is -0.393 e. The standard InChI is InChI=1S/C27H23ClN4O2/c28-21-8-7-20-17-32-27(29)23(24(20)16-21)11-4-18-2-5-19(6-3-18)25(34)12-9-22(33)10-13-26-30-14-1-15-31-26/h1-3,5-8,14-17,22,33H,9-10,12-13H2,(H2,29,32). The van der Waals surface area contributed by atoms with Gasteiger partial charge in [-0.1, -0.05) is 41.6 Å². The lowest BCUT2D eigenvalue weighted by molar-refractivity contribution is 0.0933. The molecule has 0 saturated heterocycles. The molecule has 4 rings (SSSR count). The lowest BCUT2D eigenvalue weighted by Crippen LogP contribution is -2.12. The van der Waals surface area contributed by atoms with Crippen molar-refractivity contribution in [3.63, 3.8) is 0 Å². The Bertz CT molecular complexity index is 1360. The van der Waals surface area contributed by atoms with E-state index < -0.39 is 6.10 Å². The molecule has 3 N–H and O–H groups in total. The van der Waals surface area contributed by atoms with Crippen molar-refractivity contribution < 1.29 is 9.90 Å². The summed E-state index contributed by atoms with van der Waals surface area (Å²) >= 11 is 6.14. The van der Waals surface area contributed by atoms with Crippen molar-refractivity contribution in [3.05, 3.63) is 94.7 Å². The van der Waals surface area contributed by atoms with Crippen LogP contribution in [0.5, 0.6) is 0 Å². The van der Waals surface area contributed by atoms with Gasteiger partial charge in [-0.25, -0.2) is 15.0 Å².